The number of hydrazone groups is 1. The number of rotatable bonds is 7. The van der Waals surface area contributed by atoms with Gasteiger partial charge in [-0.25, -0.2) is 19.4 Å². The lowest BCUT2D eigenvalue weighted by Gasteiger charge is -2.20. The van der Waals surface area contributed by atoms with Crippen LogP contribution in [0.15, 0.2) is 129 Å². The first-order valence-corrected chi connectivity index (χ1v) is 17.9. The Morgan fingerprint density at radius 1 is 0.750 bits per heavy atom. The number of benzene rings is 4. The zero-order valence-corrected chi connectivity index (χ0v) is 30.0. The average Bonchev–Trinajstić information content (AvgIpc) is 3.92. The van der Waals surface area contributed by atoms with Crippen LogP contribution in [0.4, 0.5) is 5.13 Å². The van der Waals surface area contributed by atoms with E-state index in [1.165, 1.54) is 5.56 Å². The molecule has 48 heavy (non-hydrogen) atoms. The molecule has 4 aromatic carbocycles. The van der Waals surface area contributed by atoms with Crippen LogP contribution in [0.1, 0.15) is 34.8 Å². The standard InChI is InChI=1S/C37H28Br2N8S/c1-23-8-18-30(19-9-23)46-24(2)35(41-44-46)36-31(21-45(43-36)29-6-4-3-5-7-29)34-20-32(25-10-14-27(38)15-11-25)42-47(34)37-40-33(22-48-37)26-12-16-28(39)17-13-26/h3-19,21-22,34H,20H2,1-2H3. The van der Waals surface area contributed by atoms with Crippen molar-refractivity contribution in [2.24, 2.45) is 5.10 Å². The normalized spacial score (nSPS) is 14.5. The Morgan fingerprint density at radius 3 is 2.15 bits per heavy atom. The van der Waals surface area contributed by atoms with Crippen molar-refractivity contribution in [2.75, 3.05) is 5.01 Å². The number of nitrogens with zero attached hydrogens (tertiary/aromatic N) is 8. The third kappa shape index (κ3) is 5.82. The molecule has 4 heterocycles. The van der Waals surface area contributed by atoms with E-state index in [2.05, 4.69) is 133 Å². The third-order valence-corrected chi connectivity index (χ3v) is 10.3. The summed E-state index contributed by atoms with van der Waals surface area (Å²) >= 11 is 8.71. The molecule has 0 saturated carbocycles. The second-order valence-corrected chi connectivity index (χ2v) is 14.3. The van der Waals surface area contributed by atoms with Gasteiger partial charge in [0.15, 0.2) is 0 Å². The predicted octanol–water partition coefficient (Wildman–Crippen LogP) is 9.74. The fraction of sp³-hybridized carbons (Fsp3) is 0.108. The highest BCUT2D eigenvalue weighted by atomic mass is 79.9. The van der Waals surface area contributed by atoms with Gasteiger partial charge in [-0.05, 0) is 67.9 Å². The molecule has 0 saturated heterocycles. The van der Waals surface area contributed by atoms with Gasteiger partial charge in [0.25, 0.3) is 0 Å². The summed E-state index contributed by atoms with van der Waals surface area (Å²) in [6.07, 6.45) is 2.77. The summed E-state index contributed by atoms with van der Waals surface area (Å²) in [5.41, 5.74) is 10.5. The van der Waals surface area contributed by atoms with Gasteiger partial charge in [0.05, 0.1) is 34.5 Å². The Labute approximate surface area is 298 Å². The maximum absolute atomic E-state index is 5.23. The summed E-state index contributed by atoms with van der Waals surface area (Å²) in [6, 6.07) is 34.8. The van der Waals surface area contributed by atoms with E-state index in [0.29, 0.717) is 6.42 Å². The molecule has 1 aliphatic heterocycles. The number of aryl methyl sites for hydroxylation is 1. The number of anilines is 1. The summed E-state index contributed by atoms with van der Waals surface area (Å²) in [6.45, 7) is 4.12. The van der Waals surface area contributed by atoms with Crippen molar-refractivity contribution >= 4 is 54.0 Å². The molecule has 1 unspecified atom stereocenters. The van der Waals surface area contributed by atoms with Gasteiger partial charge in [0.1, 0.15) is 11.4 Å². The Kier molecular flexibility index (Phi) is 8.11. The molecule has 236 valence electrons. The lowest BCUT2D eigenvalue weighted by Crippen LogP contribution is -2.18. The van der Waals surface area contributed by atoms with E-state index in [4.69, 9.17) is 20.3 Å². The van der Waals surface area contributed by atoms with Crippen molar-refractivity contribution in [3.8, 4) is 34.0 Å². The molecule has 11 heteroatoms. The predicted molar refractivity (Wildman–Crippen MR) is 199 cm³/mol. The van der Waals surface area contributed by atoms with Gasteiger partial charge in [-0.3, -0.25) is 0 Å². The van der Waals surface area contributed by atoms with Gasteiger partial charge < -0.3 is 0 Å². The Bertz CT molecular complexity index is 2250. The van der Waals surface area contributed by atoms with E-state index in [1.54, 1.807) is 11.3 Å². The summed E-state index contributed by atoms with van der Waals surface area (Å²) in [7, 11) is 0. The van der Waals surface area contributed by atoms with E-state index in [-0.39, 0.29) is 6.04 Å². The average molecular weight is 777 g/mol. The van der Waals surface area contributed by atoms with Gasteiger partial charge in [-0.2, -0.15) is 10.2 Å². The zero-order chi connectivity index (χ0) is 32.8. The van der Waals surface area contributed by atoms with Crippen molar-refractivity contribution in [2.45, 2.75) is 26.3 Å². The minimum absolute atomic E-state index is 0.191. The van der Waals surface area contributed by atoms with Crippen molar-refractivity contribution in [1.29, 1.82) is 0 Å². The van der Waals surface area contributed by atoms with E-state index in [1.807, 2.05) is 46.6 Å². The second kappa shape index (κ2) is 12.7. The molecule has 0 spiro atoms. The molecule has 0 radical (unpaired) electrons. The monoisotopic (exact) mass is 774 g/mol. The Hall–Kier alpha value is -4.71. The minimum atomic E-state index is -0.191. The molecule has 0 fully saturated rings. The highest BCUT2D eigenvalue weighted by molar-refractivity contribution is 9.10. The van der Waals surface area contributed by atoms with Crippen molar-refractivity contribution in [3.05, 3.63) is 146 Å². The van der Waals surface area contributed by atoms with Crippen LogP contribution >= 0.6 is 43.2 Å². The quantitative estimate of drug-likeness (QED) is 0.161. The largest absolute Gasteiger partial charge is 0.240 e. The summed E-state index contributed by atoms with van der Waals surface area (Å²) < 4.78 is 5.86. The lowest BCUT2D eigenvalue weighted by molar-refractivity contribution is 0.707. The van der Waals surface area contributed by atoms with Crippen LogP contribution in [-0.2, 0) is 0 Å². The van der Waals surface area contributed by atoms with Crippen molar-refractivity contribution < 1.29 is 0 Å². The van der Waals surface area contributed by atoms with Crippen molar-refractivity contribution in [3.63, 3.8) is 0 Å². The van der Waals surface area contributed by atoms with Crippen LogP contribution in [-0.4, -0.2) is 35.5 Å². The SMILES string of the molecule is Cc1ccc(-n2nnc(-c3nn(-c4ccccc4)cc3C3CC(c4ccc(Br)cc4)=NN3c3nc(-c4ccc(Br)cc4)cs3)c2C)cc1. The van der Waals surface area contributed by atoms with E-state index in [9.17, 15) is 0 Å². The smallest absolute Gasteiger partial charge is 0.207 e. The number of halogens is 2. The van der Waals surface area contributed by atoms with Crippen LogP contribution in [0.5, 0.6) is 0 Å². The Morgan fingerprint density at radius 2 is 1.44 bits per heavy atom. The number of hydrogen-bond donors (Lipinski definition) is 0. The zero-order valence-electron chi connectivity index (χ0n) is 26.0. The highest BCUT2D eigenvalue weighted by Crippen LogP contribution is 2.43. The first-order valence-electron chi connectivity index (χ1n) is 15.4. The molecule has 3 aromatic heterocycles. The maximum Gasteiger partial charge on any atom is 0.207 e. The third-order valence-electron chi connectivity index (χ3n) is 8.44. The van der Waals surface area contributed by atoms with Gasteiger partial charge in [-0.15, -0.1) is 16.4 Å². The molecule has 0 aliphatic carbocycles. The molecule has 7 aromatic rings. The van der Waals surface area contributed by atoms with Gasteiger partial charge in [0, 0.05) is 38.1 Å². The van der Waals surface area contributed by atoms with E-state index >= 15 is 0 Å². The Balaban J connectivity index is 1.26. The minimum Gasteiger partial charge on any atom is -0.240 e. The van der Waals surface area contributed by atoms with Crippen LogP contribution in [0.2, 0.25) is 0 Å². The van der Waals surface area contributed by atoms with Gasteiger partial charge in [-0.1, -0.05) is 97.2 Å². The van der Waals surface area contributed by atoms with Crippen LogP contribution in [0.3, 0.4) is 0 Å². The number of thiazole rings is 1. The maximum atomic E-state index is 5.23. The molecule has 8 nitrogen and oxygen atoms in total. The van der Waals surface area contributed by atoms with E-state index < -0.39 is 0 Å². The van der Waals surface area contributed by atoms with Crippen molar-refractivity contribution in [1.82, 2.24) is 29.8 Å². The summed E-state index contributed by atoms with van der Waals surface area (Å²) in [5.74, 6) is 0. The fourth-order valence-electron chi connectivity index (χ4n) is 5.88. The van der Waals surface area contributed by atoms with Crippen LogP contribution < -0.4 is 5.01 Å². The second-order valence-electron chi connectivity index (χ2n) is 11.6. The van der Waals surface area contributed by atoms with Gasteiger partial charge >= 0.3 is 0 Å². The van der Waals surface area contributed by atoms with E-state index in [0.717, 1.165) is 70.6 Å². The molecule has 1 atom stereocenters. The molecule has 0 bridgehead atoms. The number of para-hydroxylation sites is 1. The number of aromatic nitrogens is 6. The number of hydrogen-bond acceptors (Lipinski definition) is 7. The first kappa shape index (κ1) is 30.6. The lowest BCUT2D eigenvalue weighted by atomic mass is 9.97. The summed E-state index contributed by atoms with van der Waals surface area (Å²) in [4.78, 5) is 5.10. The van der Waals surface area contributed by atoms with Gasteiger partial charge in [0.2, 0.25) is 5.13 Å². The van der Waals surface area contributed by atoms with Crippen LogP contribution in [0, 0.1) is 13.8 Å². The molecule has 8 rings (SSSR count). The molecular formula is C37H28Br2N8S. The topological polar surface area (TPSA) is 77.0 Å². The first-order chi connectivity index (χ1) is 23.4. The highest BCUT2D eigenvalue weighted by Gasteiger charge is 2.36. The summed E-state index contributed by atoms with van der Waals surface area (Å²) in [5, 5.41) is 24.7. The molecule has 1 aliphatic rings. The molecule has 0 N–H and O–H groups in total. The molecule has 0 amide bonds. The fourth-order valence-corrected chi connectivity index (χ4v) is 7.24. The molecular weight excluding hydrogens is 748 g/mol. The van der Waals surface area contributed by atoms with Crippen LogP contribution in [0.25, 0.3) is 34.0 Å².